The summed E-state index contributed by atoms with van der Waals surface area (Å²) in [4.78, 5) is 7.10. The molecule has 2 aromatic rings. The minimum absolute atomic E-state index is 0.168. The van der Waals surface area contributed by atoms with Crippen molar-refractivity contribution >= 4 is 39.2 Å². The van der Waals surface area contributed by atoms with E-state index in [2.05, 4.69) is 31.2 Å². The molecule has 0 atom stereocenters. The highest BCUT2D eigenvalue weighted by molar-refractivity contribution is 9.10. The third-order valence-corrected chi connectivity index (χ3v) is 2.93. The van der Waals surface area contributed by atoms with Crippen LogP contribution in [-0.4, -0.2) is 9.97 Å². The molecule has 1 N–H and O–H groups in total. The maximum atomic E-state index is 12.5. The van der Waals surface area contributed by atoms with Gasteiger partial charge in [0.1, 0.15) is 5.69 Å². The average molecular weight is 353 g/mol. The molecular weight excluding hydrogens is 346 g/mol. The van der Waals surface area contributed by atoms with Crippen molar-refractivity contribution in [1.29, 1.82) is 0 Å². The van der Waals surface area contributed by atoms with Gasteiger partial charge >= 0.3 is 6.18 Å². The second-order valence-electron chi connectivity index (χ2n) is 3.51. The zero-order valence-corrected chi connectivity index (χ0v) is 11.5. The number of halogens is 5. The molecule has 0 unspecified atom stereocenters. The van der Waals surface area contributed by atoms with Crippen LogP contribution in [0.2, 0.25) is 5.02 Å². The molecule has 100 valence electrons. The van der Waals surface area contributed by atoms with E-state index in [4.69, 9.17) is 11.6 Å². The Morgan fingerprint density at radius 1 is 1.21 bits per heavy atom. The molecule has 8 heteroatoms. The largest absolute Gasteiger partial charge is 0.433 e. The highest BCUT2D eigenvalue weighted by atomic mass is 79.9. The van der Waals surface area contributed by atoms with Crippen molar-refractivity contribution < 1.29 is 13.2 Å². The first-order valence-corrected chi connectivity index (χ1v) is 6.15. The summed E-state index contributed by atoms with van der Waals surface area (Å²) in [5.41, 5.74) is -0.595. The molecule has 0 fully saturated rings. The standard InChI is InChI=1S/C11H6BrClF3N3/c12-6-1-2-8(7(13)5-6)18-10-17-4-3-9(19-10)11(14,15)16/h1-5H,(H,17,18,19). The zero-order valence-electron chi connectivity index (χ0n) is 9.17. The van der Waals surface area contributed by atoms with Gasteiger partial charge < -0.3 is 5.32 Å². The Balaban J connectivity index is 2.29. The number of aromatic nitrogens is 2. The first-order chi connectivity index (χ1) is 8.86. The highest BCUT2D eigenvalue weighted by Crippen LogP contribution is 2.30. The van der Waals surface area contributed by atoms with Crippen LogP contribution in [0, 0.1) is 0 Å². The number of hydrogen-bond donors (Lipinski definition) is 1. The molecular formula is C11H6BrClF3N3. The Bertz CT molecular complexity index is 604. The SMILES string of the molecule is FC(F)(F)c1ccnc(Nc2ccc(Br)cc2Cl)n1. The number of nitrogens with one attached hydrogen (secondary N) is 1. The van der Waals surface area contributed by atoms with Crippen LogP contribution in [0.15, 0.2) is 34.9 Å². The van der Waals surface area contributed by atoms with E-state index in [-0.39, 0.29) is 5.95 Å². The van der Waals surface area contributed by atoms with Gasteiger partial charge in [0, 0.05) is 10.7 Å². The van der Waals surface area contributed by atoms with E-state index >= 15 is 0 Å². The monoisotopic (exact) mass is 351 g/mol. The number of rotatable bonds is 2. The summed E-state index contributed by atoms with van der Waals surface area (Å²) in [6.45, 7) is 0. The number of nitrogens with zero attached hydrogens (tertiary/aromatic N) is 2. The lowest BCUT2D eigenvalue weighted by molar-refractivity contribution is -0.141. The molecule has 2 rings (SSSR count). The predicted molar refractivity (Wildman–Crippen MR) is 69.5 cm³/mol. The highest BCUT2D eigenvalue weighted by Gasteiger charge is 2.32. The Morgan fingerprint density at radius 2 is 1.95 bits per heavy atom. The van der Waals surface area contributed by atoms with Crippen molar-refractivity contribution in [1.82, 2.24) is 9.97 Å². The molecule has 0 amide bonds. The number of benzene rings is 1. The first kappa shape index (κ1) is 14.1. The average Bonchev–Trinajstić information content (AvgIpc) is 2.32. The molecule has 1 heterocycles. The van der Waals surface area contributed by atoms with Gasteiger partial charge in [0.25, 0.3) is 0 Å². The normalized spacial score (nSPS) is 11.4. The molecule has 1 aromatic heterocycles. The molecule has 1 aromatic carbocycles. The summed E-state index contributed by atoms with van der Waals surface area (Å²) < 4.78 is 38.2. The van der Waals surface area contributed by atoms with Gasteiger partial charge in [0.2, 0.25) is 5.95 Å². The van der Waals surface area contributed by atoms with Crippen LogP contribution in [-0.2, 0) is 6.18 Å². The minimum Gasteiger partial charge on any atom is -0.323 e. The van der Waals surface area contributed by atoms with E-state index in [9.17, 15) is 13.2 Å². The Hall–Kier alpha value is -1.34. The van der Waals surface area contributed by atoms with Crippen molar-refractivity contribution in [3.05, 3.63) is 45.7 Å². The topological polar surface area (TPSA) is 37.8 Å². The van der Waals surface area contributed by atoms with Crippen LogP contribution < -0.4 is 5.32 Å². The van der Waals surface area contributed by atoms with Gasteiger partial charge in [-0.3, -0.25) is 0 Å². The van der Waals surface area contributed by atoms with Gasteiger partial charge in [-0.25, -0.2) is 9.97 Å². The van der Waals surface area contributed by atoms with Gasteiger partial charge in [-0.1, -0.05) is 27.5 Å². The van der Waals surface area contributed by atoms with Crippen molar-refractivity contribution in [2.24, 2.45) is 0 Å². The molecule has 0 aliphatic carbocycles. The van der Waals surface area contributed by atoms with Gasteiger partial charge in [0.15, 0.2) is 0 Å². The van der Waals surface area contributed by atoms with E-state index in [1.54, 1.807) is 18.2 Å². The quantitative estimate of drug-likeness (QED) is 0.854. The number of anilines is 2. The molecule has 0 bridgehead atoms. The summed E-state index contributed by atoms with van der Waals surface area (Å²) >= 11 is 9.17. The van der Waals surface area contributed by atoms with Crippen LogP contribution >= 0.6 is 27.5 Å². The fraction of sp³-hybridized carbons (Fsp3) is 0.0909. The lowest BCUT2D eigenvalue weighted by atomic mass is 10.3. The van der Waals surface area contributed by atoms with Crippen LogP contribution in [0.4, 0.5) is 24.8 Å². The lowest BCUT2D eigenvalue weighted by Crippen LogP contribution is -2.10. The Labute approximate surface area is 120 Å². The molecule has 19 heavy (non-hydrogen) atoms. The molecule has 0 spiro atoms. The van der Waals surface area contributed by atoms with E-state index < -0.39 is 11.9 Å². The fourth-order valence-electron chi connectivity index (χ4n) is 1.29. The molecule has 0 saturated heterocycles. The van der Waals surface area contributed by atoms with Crippen molar-refractivity contribution in [2.75, 3.05) is 5.32 Å². The maximum absolute atomic E-state index is 12.5. The second-order valence-corrected chi connectivity index (χ2v) is 4.84. The number of hydrogen-bond acceptors (Lipinski definition) is 3. The predicted octanol–water partition coefficient (Wildman–Crippen LogP) is 4.65. The summed E-state index contributed by atoms with van der Waals surface area (Å²) in [7, 11) is 0. The maximum Gasteiger partial charge on any atom is 0.433 e. The molecule has 0 aliphatic rings. The summed E-state index contributed by atoms with van der Waals surface area (Å²) in [6.07, 6.45) is -3.48. The third kappa shape index (κ3) is 3.57. The van der Waals surface area contributed by atoms with Gasteiger partial charge in [0.05, 0.1) is 10.7 Å². The van der Waals surface area contributed by atoms with Crippen molar-refractivity contribution in [3.8, 4) is 0 Å². The van der Waals surface area contributed by atoms with Gasteiger partial charge in [-0.2, -0.15) is 13.2 Å². The van der Waals surface area contributed by atoms with Crippen LogP contribution in [0.25, 0.3) is 0 Å². The van der Waals surface area contributed by atoms with E-state index in [1.807, 2.05) is 0 Å². The van der Waals surface area contributed by atoms with Gasteiger partial charge in [-0.15, -0.1) is 0 Å². The molecule has 0 radical (unpaired) electrons. The Morgan fingerprint density at radius 3 is 2.58 bits per heavy atom. The van der Waals surface area contributed by atoms with E-state index in [1.165, 1.54) is 0 Å². The van der Waals surface area contributed by atoms with Crippen molar-refractivity contribution in [3.63, 3.8) is 0 Å². The van der Waals surface area contributed by atoms with Crippen LogP contribution in [0.5, 0.6) is 0 Å². The molecule has 0 saturated carbocycles. The zero-order chi connectivity index (χ0) is 14.0. The summed E-state index contributed by atoms with van der Waals surface area (Å²) in [5.74, 6) is -0.168. The number of alkyl halides is 3. The van der Waals surface area contributed by atoms with Gasteiger partial charge in [-0.05, 0) is 24.3 Å². The molecule has 0 aliphatic heterocycles. The Kier molecular flexibility index (Phi) is 3.96. The second kappa shape index (κ2) is 5.34. The smallest absolute Gasteiger partial charge is 0.323 e. The molecule has 3 nitrogen and oxygen atoms in total. The fourth-order valence-corrected chi connectivity index (χ4v) is 2.01. The summed E-state index contributed by atoms with van der Waals surface area (Å²) in [5, 5.41) is 2.98. The first-order valence-electron chi connectivity index (χ1n) is 4.98. The third-order valence-electron chi connectivity index (χ3n) is 2.12. The van der Waals surface area contributed by atoms with Crippen molar-refractivity contribution in [2.45, 2.75) is 6.18 Å². The minimum atomic E-state index is -4.51. The summed E-state index contributed by atoms with van der Waals surface area (Å²) in [6, 6.07) is 5.71. The van der Waals surface area contributed by atoms with E-state index in [0.29, 0.717) is 10.7 Å². The van der Waals surface area contributed by atoms with E-state index in [0.717, 1.165) is 16.7 Å². The van der Waals surface area contributed by atoms with Crippen LogP contribution in [0.1, 0.15) is 5.69 Å². The lowest BCUT2D eigenvalue weighted by Gasteiger charge is -2.09. The van der Waals surface area contributed by atoms with Crippen LogP contribution in [0.3, 0.4) is 0 Å².